The summed E-state index contributed by atoms with van der Waals surface area (Å²) in [6, 6.07) is 17.4. The molecule has 1 saturated carbocycles. The summed E-state index contributed by atoms with van der Waals surface area (Å²) in [5.41, 5.74) is 3.99. The average Bonchev–Trinajstić information content (AvgIpc) is 3.44. The highest BCUT2D eigenvalue weighted by Crippen LogP contribution is 2.65. The third-order valence-corrected chi connectivity index (χ3v) is 10.7. The molecule has 8 nitrogen and oxygen atoms in total. The van der Waals surface area contributed by atoms with Crippen LogP contribution in [-0.2, 0) is 31.0 Å². The average molecular weight is 654 g/mol. The topological polar surface area (TPSA) is 107 Å². The lowest BCUT2D eigenvalue weighted by Crippen LogP contribution is -2.53. The first-order valence-corrected chi connectivity index (χ1v) is 16.1. The van der Waals surface area contributed by atoms with Crippen LogP contribution in [0.5, 0.6) is 5.75 Å². The molecule has 2 heterocycles. The van der Waals surface area contributed by atoms with Crippen molar-refractivity contribution in [2.24, 2.45) is 23.7 Å². The second-order valence-corrected chi connectivity index (χ2v) is 13.1. The van der Waals surface area contributed by atoms with Gasteiger partial charge in [0.1, 0.15) is 11.6 Å². The quantitative estimate of drug-likeness (QED) is 0.242. The van der Waals surface area contributed by atoms with Crippen molar-refractivity contribution in [3.63, 3.8) is 0 Å². The Morgan fingerprint density at radius 1 is 1.00 bits per heavy atom. The predicted octanol–water partition coefficient (Wildman–Crippen LogP) is 5.92. The monoisotopic (exact) mass is 653 g/mol. The van der Waals surface area contributed by atoms with E-state index in [4.69, 9.17) is 11.6 Å². The normalized spacial score (nSPS) is 28.1. The fraction of sp³-hybridized carbons (Fsp3) is 0.297. The van der Waals surface area contributed by atoms with E-state index in [1.807, 2.05) is 6.08 Å². The van der Waals surface area contributed by atoms with E-state index in [1.165, 1.54) is 29.2 Å². The number of nitrogens with one attached hydrogen (secondary N) is 1. The zero-order valence-corrected chi connectivity index (χ0v) is 26.4. The number of hydrogen-bond donors (Lipinski definition) is 2. The van der Waals surface area contributed by atoms with Gasteiger partial charge in [-0.1, -0.05) is 59.7 Å². The first-order valence-electron chi connectivity index (χ1n) is 15.8. The second-order valence-electron chi connectivity index (χ2n) is 12.6. The van der Waals surface area contributed by atoms with Gasteiger partial charge in [0, 0.05) is 23.0 Å². The van der Waals surface area contributed by atoms with E-state index in [2.05, 4.69) is 12.0 Å². The molecule has 4 amide bonds. The Bertz CT molecular complexity index is 1860. The molecule has 240 valence electrons. The summed E-state index contributed by atoms with van der Waals surface area (Å²) in [7, 11) is 0. The van der Waals surface area contributed by atoms with Crippen molar-refractivity contribution < 1.29 is 28.7 Å². The summed E-state index contributed by atoms with van der Waals surface area (Å²) in [5, 5.41) is 13.3. The number of hydrazine groups is 1. The van der Waals surface area contributed by atoms with Gasteiger partial charge >= 0.3 is 0 Å². The van der Waals surface area contributed by atoms with Crippen LogP contribution in [0.2, 0.25) is 5.02 Å². The van der Waals surface area contributed by atoms with Crippen molar-refractivity contribution in [1.82, 2.24) is 9.91 Å². The number of allylic oxidation sites excluding steroid dienone is 3. The van der Waals surface area contributed by atoms with Gasteiger partial charge in [-0.05, 0) is 79.6 Å². The fourth-order valence-corrected chi connectivity index (χ4v) is 8.67. The van der Waals surface area contributed by atoms with Gasteiger partial charge in [0.2, 0.25) is 11.8 Å². The number of carbonyl (C=O) groups excluding carboxylic acids is 4. The van der Waals surface area contributed by atoms with Gasteiger partial charge < -0.3 is 5.11 Å². The van der Waals surface area contributed by atoms with Crippen LogP contribution in [0.1, 0.15) is 42.4 Å². The Labute approximate surface area is 276 Å². The number of aromatic hydroxyl groups is 1. The number of carbonyl (C=O) groups is 4. The number of fused-ring (bicyclic) bond motifs is 4. The number of benzene rings is 3. The molecule has 6 unspecified atom stereocenters. The standard InChI is InChI=1S/C37H33ClFN3O5/c1-3-6-20-7-5-8-27(32(20)43)31-25-17-18-26-30(35(46)41(4-2)33(26)44)28(25)19-29-34(45)42(40-24-15-13-23(39)14-16-24)36(47)37(29,31)21-9-11-22(38)12-10-21/h3,5,7-17,26,28-31,40,43H,1,4,6,18-19H2,2H3. The number of rotatable bonds is 7. The van der Waals surface area contributed by atoms with Gasteiger partial charge in [-0.2, -0.15) is 5.01 Å². The smallest absolute Gasteiger partial charge is 0.260 e. The molecule has 6 atom stereocenters. The van der Waals surface area contributed by atoms with Crippen LogP contribution in [-0.4, -0.2) is 45.2 Å². The van der Waals surface area contributed by atoms with Crippen molar-refractivity contribution in [2.75, 3.05) is 12.0 Å². The summed E-state index contributed by atoms with van der Waals surface area (Å²) >= 11 is 6.33. The van der Waals surface area contributed by atoms with Crippen LogP contribution >= 0.6 is 11.6 Å². The third kappa shape index (κ3) is 4.47. The number of anilines is 1. The number of imide groups is 2. The highest BCUT2D eigenvalue weighted by Gasteiger charge is 2.70. The molecule has 2 aliphatic heterocycles. The number of phenolic OH excluding ortho intramolecular Hbond substituents is 1. The maximum Gasteiger partial charge on any atom is 0.260 e. The van der Waals surface area contributed by atoms with E-state index in [0.717, 1.165) is 10.6 Å². The predicted molar refractivity (Wildman–Crippen MR) is 173 cm³/mol. The van der Waals surface area contributed by atoms with Gasteiger partial charge in [-0.25, -0.2) is 4.39 Å². The molecular formula is C37H33ClFN3O5. The van der Waals surface area contributed by atoms with Crippen molar-refractivity contribution in [1.29, 1.82) is 0 Å². The number of halogens is 2. The van der Waals surface area contributed by atoms with E-state index in [0.29, 0.717) is 40.2 Å². The van der Waals surface area contributed by atoms with Crippen LogP contribution in [0.15, 0.2) is 91.0 Å². The van der Waals surface area contributed by atoms with Gasteiger partial charge in [0.15, 0.2) is 0 Å². The van der Waals surface area contributed by atoms with Crippen LogP contribution in [0.3, 0.4) is 0 Å². The highest BCUT2D eigenvalue weighted by molar-refractivity contribution is 6.30. The Kier molecular flexibility index (Phi) is 7.55. The molecule has 2 aliphatic carbocycles. The summed E-state index contributed by atoms with van der Waals surface area (Å²) < 4.78 is 13.8. The van der Waals surface area contributed by atoms with Gasteiger partial charge in [0.05, 0.1) is 28.9 Å². The number of amides is 4. The van der Waals surface area contributed by atoms with Crippen molar-refractivity contribution in [3.05, 3.63) is 119 Å². The Hall–Kier alpha value is -4.76. The minimum atomic E-state index is -1.57. The molecule has 7 rings (SSSR count). The van der Waals surface area contributed by atoms with Crippen LogP contribution in [0.25, 0.3) is 0 Å². The SMILES string of the molecule is C=CCc1cccc(C2C3=CCC4C(=O)N(CC)C(=O)C4C3CC3C(=O)N(Nc4ccc(F)cc4)C(=O)C32c2ccc(Cl)cc2)c1O. The van der Waals surface area contributed by atoms with Crippen molar-refractivity contribution in [3.8, 4) is 5.75 Å². The van der Waals surface area contributed by atoms with E-state index in [1.54, 1.807) is 55.5 Å². The summed E-state index contributed by atoms with van der Waals surface area (Å²) in [5.74, 6) is -5.76. The van der Waals surface area contributed by atoms with Crippen molar-refractivity contribution >= 4 is 40.9 Å². The first kappa shape index (κ1) is 30.9. The zero-order chi connectivity index (χ0) is 33.2. The Morgan fingerprint density at radius 2 is 1.72 bits per heavy atom. The Balaban J connectivity index is 1.49. The molecule has 3 aromatic carbocycles. The molecule has 0 spiro atoms. The van der Waals surface area contributed by atoms with Crippen LogP contribution in [0, 0.1) is 29.5 Å². The maximum absolute atomic E-state index is 15.1. The largest absolute Gasteiger partial charge is 0.507 e. The van der Waals surface area contributed by atoms with Gasteiger partial charge in [0.25, 0.3) is 11.8 Å². The summed E-state index contributed by atoms with van der Waals surface area (Å²) in [6.07, 6.45) is 4.40. The molecule has 47 heavy (non-hydrogen) atoms. The molecule has 2 saturated heterocycles. The minimum Gasteiger partial charge on any atom is -0.507 e. The first-order chi connectivity index (χ1) is 22.6. The lowest BCUT2D eigenvalue weighted by molar-refractivity contribution is -0.141. The molecule has 3 aromatic rings. The number of phenols is 1. The molecule has 10 heteroatoms. The number of hydrogen-bond acceptors (Lipinski definition) is 6. The maximum atomic E-state index is 15.1. The third-order valence-electron chi connectivity index (χ3n) is 10.5. The Morgan fingerprint density at radius 3 is 2.40 bits per heavy atom. The summed E-state index contributed by atoms with van der Waals surface area (Å²) in [6.45, 7) is 5.83. The molecule has 4 aliphatic rings. The van der Waals surface area contributed by atoms with Crippen molar-refractivity contribution in [2.45, 2.75) is 37.5 Å². The fourth-order valence-electron chi connectivity index (χ4n) is 8.54. The molecular weight excluding hydrogens is 621 g/mol. The lowest BCUT2D eigenvalue weighted by Gasteiger charge is -2.50. The van der Waals surface area contributed by atoms with E-state index < -0.39 is 52.6 Å². The molecule has 3 fully saturated rings. The molecule has 0 aromatic heterocycles. The van der Waals surface area contributed by atoms with Crippen LogP contribution in [0.4, 0.5) is 10.1 Å². The van der Waals surface area contributed by atoms with E-state index in [-0.39, 0.29) is 30.5 Å². The highest BCUT2D eigenvalue weighted by atomic mass is 35.5. The molecule has 0 bridgehead atoms. The van der Waals surface area contributed by atoms with E-state index >= 15 is 4.79 Å². The van der Waals surface area contributed by atoms with Gasteiger partial charge in [-0.3, -0.25) is 29.5 Å². The minimum absolute atomic E-state index is 0.0256. The number of likely N-dealkylation sites (tertiary alicyclic amines) is 1. The number of nitrogens with zero attached hydrogens (tertiary/aromatic N) is 2. The number of para-hydroxylation sites is 1. The second kappa shape index (κ2) is 11.5. The van der Waals surface area contributed by atoms with Gasteiger partial charge in [-0.15, -0.1) is 6.58 Å². The van der Waals surface area contributed by atoms with E-state index in [9.17, 15) is 23.9 Å². The summed E-state index contributed by atoms with van der Waals surface area (Å²) in [4.78, 5) is 58.2. The molecule has 0 radical (unpaired) electrons. The molecule has 2 N–H and O–H groups in total. The van der Waals surface area contributed by atoms with Crippen LogP contribution < -0.4 is 5.43 Å². The lowest BCUT2D eigenvalue weighted by atomic mass is 9.49. The zero-order valence-electron chi connectivity index (χ0n) is 25.7.